The fourth-order valence-electron chi connectivity index (χ4n) is 1.79. The molecule has 0 aliphatic carbocycles. The van der Waals surface area contributed by atoms with E-state index in [1.807, 2.05) is 17.5 Å². The minimum absolute atomic E-state index is 0.0704. The monoisotopic (exact) mass is 276 g/mol. The molecule has 0 aliphatic heterocycles. The lowest BCUT2D eigenvalue weighted by Crippen LogP contribution is -2.25. The van der Waals surface area contributed by atoms with E-state index in [-0.39, 0.29) is 5.91 Å². The average Bonchev–Trinajstić information content (AvgIpc) is 2.89. The highest BCUT2D eigenvalue weighted by molar-refractivity contribution is 7.09. The number of methoxy groups -OCH3 is 1. The minimum atomic E-state index is -0.0704. The lowest BCUT2D eigenvalue weighted by Gasteiger charge is -2.17. The quantitative estimate of drug-likeness (QED) is 0.873. The number of thiophene rings is 1. The number of nitrogen functional groups attached to an aromatic ring is 1. The van der Waals surface area contributed by atoms with Crippen LogP contribution in [-0.2, 0) is 6.54 Å². The van der Waals surface area contributed by atoms with E-state index in [4.69, 9.17) is 10.5 Å². The van der Waals surface area contributed by atoms with Crippen LogP contribution in [0.3, 0.4) is 0 Å². The van der Waals surface area contributed by atoms with Gasteiger partial charge in [-0.2, -0.15) is 0 Å². The van der Waals surface area contributed by atoms with E-state index < -0.39 is 0 Å². The minimum Gasteiger partial charge on any atom is -0.497 e. The van der Waals surface area contributed by atoms with Gasteiger partial charge in [-0.3, -0.25) is 4.79 Å². The number of anilines is 1. The summed E-state index contributed by atoms with van der Waals surface area (Å²) in [6.45, 7) is 0.591. The van der Waals surface area contributed by atoms with Gasteiger partial charge in [0, 0.05) is 29.2 Å². The van der Waals surface area contributed by atoms with Crippen LogP contribution in [0.5, 0.6) is 5.75 Å². The second-order valence-electron chi connectivity index (χ2n) is 4.24. The fourth-order valence-corrected chi connectivity index (χ4v) is 2.55. The van der Waals surface area contributed by atoms with Gasteiger partial charge in [0.25, 0.3) is 5.91 Å². The summed E-state index contributed by atoms with van der Waals surface area (Å²) in [6.07, 6.45) is 0. The van der Waals surface area contributed by atoms with Crippen molar-refractivity contribution < 1.29 is 9.53 Å². The van der Waals surface area contributed by atoms with Crippen LogP contribution in [0.4, 0.5) is 5.69 Å². The molecule has 2 aromatic rings. The van der Waals surface area contributed by atoms with E-state index in [1.165, 1.54) is 0 Å². The highest BCUT2D eigenvalue weighted by Crippen LogP contribution is 2.20. The average molecular weight is 276 g/mol. The molecule has 2 rings (SSSR count). The van der Waals surface area contributed by atoms with E-state index >= 15 is 0 Å². The highest BCUT2D eigenvalue weighted by atomic mass is 32.1. The zero-order chi connectivity index (χ0) is 13.8. The number of nitrogens with two attached hydrogens (primary N) is 1. The van der Waals surface area contributed by atoms with Gasteiger partial charge in [-0.25, -0.2) is 0 Å². The summed E-state index contributed by atoms with van der Waals surface area (Å²) in [5.41, 5.74) is 6.82. The van der Waals surface area contributed by atoms with Crippen molar-refractivity contribution in [2.75, 3.05) is 19.9 Å². The third-order valence-electron chi connectivity index (χ3n) is 2.73. The van der Waals surface area contributed by atoms with Crippen molar-refractivity contribution in [3.63, 3.8) is 0 Å². The summed E-state index contributed by atoms with van der Waals surface area (Å²) < 4.78 is 5.12. The summed E-state index contributed by atoms with van der Waals surface area (Å²) in [7, 11) is 3.33. The SMILES string of the molecule is COc1cc(N)cc(C(=O)N(C)Cc2cccs2)c1. The Morgan fingerprint density at radius 3 is 2.84 bits per heavy atom. The Morgan fingerprint density at radius 1 is 1.42 bits per heavy atom. The van der Waals surface area contributed by atoms with E-state index in [1.54, 1.807) is 48.6 Å². The molecule has 1 amide bonds. The summed E-state index contributed by atoms with van der Waals surface area (Å²) >= 11 is 1.63. The molecule has 100 valence electrons. The van der Waals surface area contributed by atoms with Crippen LogP contribution in [0.25, 0.3) is 0 Å². The highest BCUT2D eigenvalue weighted by Gasteiger charge is 2.14. The Morgan fingerprint density at radius 2 is 2.21 bits per heavy atom. The Balaban J connectivity index is 2.16. The molecule has 0 saturated heterocycles. The van der Waals surface area contributed by atoms with Crippen molar-refractivity contribution in [1.82, 2.24) is 4.90 Å². The van der Waals surface area contributed by atoms with Crippen molar-refractivity contribution in [3.8, 4) is 5.75 Å². The molecule has 1 heterocycles. The molecule has 19 heavy (non-hydrogen) atoms. The summed E-state index contributed by atoms with van der Waals surface area (Å²) in [5.74, 6) is 0.520. The number of nitrogens with zero attached hydrogens (tertiary/aromatic N) is 1. The normalized spacial score (nSPS) is 10.2. The zero-order valence-electron chi connectivity index (χ0n) is 10.9. The Kier molecular flexibility index (Phi) is 4.06. The third-order valence-corrected chi connectivity index (χ3v) is 3.59. The molecule has 1 aromatic carbocycles. The van der Waals surface area contributed by atoms with Crippen molar-refractivity contribution in [3.05, 3.63) is 46.2 Å². The smallest absolute Gasteiger partial charge is 0.254 e. The number of ether oxygens (including phenoxy) is 1. The Labute approximate surface area is 116 Å². The largest absolute Gasteiger partial charge is 0.497 e. The number of hydrogen-bond acceptors (Lipinski definition) is 4. The topological polar surface area (TPSA) is 55.6 Å². The van der Waals surface area contributed by atoms with Crippen LogP contribution in [0.1, 0.15) is 15.2 Å². The predicted molar refractivity (Wildman–Crippen MR) is 77.5 cm³/mol. The third kappa shape index (κ3) is 3.26. The fraction of sp³-hybridized carbons (Fsp3) is 0.214. The lowest BCUT2D eigenvalue weighted by atomic mass is 10.1. The van der Waals surface area contributed by atoms with Gasteiger partial charge in [-0.1, -0.05) is 6.07 Å². The van der Waals surface area contributed by atoms with E-state index in [0.29, 0.717) is 23.5 Å². The van der Waals surface area contributed by atoms with Gasteiger partial charge in [-0.05, 0) is 23.6 Å². The molecule has 0 bridgehead atoms. The molecule has 0 radical (unpaired) electrons. The van der Waals surface area contributed by atoms with Gasteiger partial charge in [0.2, 0.25) is 0 Å². The van der Waals surface area contributed by atoms with Gasteiger partial charge >= 0.3 is 0 Å². The van der Waals surface area contributed by atoms with E-state index in [2.05, 4.69) is 0 Å². The van der Waals surface area contributed by atoms with Crippen molar-refractivity contribution in [2.24, 2.45) is 0 Å². The summed E-state index contributed by atoms with van der Waals surface area (Å²) in [5, 5.41) is 2.00. The number of carbonyl (C=O) groups is 1. The van der Waals surface area contributed by atoms with Crippen molar-refractivity contribution in [1.29, 1.82) is 0 Å². The molecule has 0 aliphatic rings. The summed E-state index contributed by atoms with van der Waals surface area (Å²) in [6, 6.07) is 9.03. The van der Waals surface area contributed by atoms with Crippen LogP contribution in [0, 0.1) is 0 Å². The molecule has 5 heteroatoms. The maximum atomic E-state index is 12.3. The molecule has 0 fully saturated rings. The van der Waals surface area contributed by atoms with E-state index in [9.17, 15) is 4.79 Å². The first-order valence-corrected chi connectivity index (χ1v) is 6.70. The molecule has 2 N–H and O–H groups in total. The zero-order valence-corrected chi connectivity index (χ0v) is 11.7. The van der Waals surface area contributed by atoms with Crippen LogP contribution < -0.4 is 10.5 Å². The first kappa shape index (κ1) is 13.4. The van der Waals surface area contributed by atoms with Crippen LogP contribution in [-0.4, -0.2) is 25.0 Å². The molecule has 0 unspecified atom stereocenters. The number of carbonyl (C=O) groups excluding carboxylic acids is 1. The van der Waals surface area contributed by atoms with Gasteiger partial charge in [0.1, 0.15) is 5.75 Å². The number of hydrogen-bond donors (Lipinski definition) is 1. The summed E-state index contributed by atoms with van der Waals surface area (Å²) in [4.78, 5) is 15.1. The molecule has 0 atom stereocenters. The Hall–Kier alpha value is -2.01. The molecular weight excluding hydrogens is 260 g/mol. The van der Waals surface area contributed by atoms with Crippen LogP contribution in [0.2, 0.25) is 0 Å². The Bertz CT molecular complexity index is 567. The maximum Gasteiger partial charge on any atom is 0.254 e. The van der Waals surface area contributed by atoms with Gasteiger partial charge in [-0.15, -0.1) is 11.3 Å². The van der Waals surface area contributed by atoms with Gasteiger partial charge in [0.15, 0.2) is 0 Å². The van der Waals surface area contributed by atoms with Crippen molar-refractivity contribution >= 4 is 22.9 Å². The molecule has 0 spiro atoms. The van der Waals surface area contributed by atoms with Crippen LogP contribution in [0.15, 0.2) is 35.7 Å². The van der Waals surface area contributed by atoms with Crippen molar-refractivity contribution in [2.45, 2.75) is 6.54 Å². The lowest BCUT2D eigenvalue weighted by molar-refractivity contribution is 0.0786. The first-order chi connectivity index (χ1) is 9.10. The predicted octanol–water partition coefficient (Wildman–Crippen LogP) is 2.61. The number of rotatable bonds is 4. The first-order valence-electron chi connectivity index (χ1n) is 5.82. The molecule has 0 saturated carbocycles. The number of benzene rings is 1. The number of amides is 1. The second kappa shape index (κ2) is 5.75. The van der Waals surface area contributed by atoms with Gasteiger partial charge < -0.3 is 15.4 Å². The standard InChI is InChI=1S/C14H16N2O2S/c1-16(9-13-4-3-5-19-13)14(17)10-6-11(15)8-12(7-10)18-2/h3-8H,9,15H2,1-2H3. The van der Waals surface area contributed by atoms with E-state index in [0.717, 1.165) is 4.88 Å². The van der Waals surface area contributed by atoms with Crippen LogP contribution >= 0.6 is 11.3 Å². The maximum absolute atomic E-state index is 12.3. The molecule has 4 nitrogen and oxygen atoms in total. The van der Waals surface area contributed by atoms with Gasteiger partial charge in [0.05, 0.1) is 13.7 Å². The molecule has 1 aromatic heterocycles. The second-order valence-corrected chi connectivity index (χ2v) is 5.27. The molecular formula is C14H16N2O2S.